The van der Waals surface area contributed by atoms with Crippen LogP contribution in [0.5, 0.6) is 5.75 Å². The fourth-order valence-electron chi connectivity index (χ4n) is 4.67. The monoisotopic (exact) mass is 521 g/mol. The first kappa shape index (κ1) is 26.2. The Morgan fingerprint density at radius 1 is 1.08 bits per heavy atom. The van der Waals surface area contributed by atoms with Crippen molar-refractivity contribution in [2.75, 3.05) is 25.5 Å². The van der Waals surface area contributed by atoms with Crippen LogP contribution in [0.1, 0.15) is 45.8 Å². The van der Waals surface area contributed by atoms with Crippen LogP contribution in [-0.4, -0.2) is 41.8 Å². The molecule has 1 N–H and O–H groups in total. The van der Waals surface area contributed by atoms with E-state index in [9.17, 15) is 19.7 Å². The second-order valence-electron chi connectivity index (χ2n) is 9.19. The molecule has 0 aromatic heterocycles. The summed E-state index contributed by atoms with van der Waals surface area (Å²) in [5.41, 5.74) is 3.90. The van der Waals surface area contributed by atoms with E-state index in [2.05, 4.69) is 5.32 Å². The number of halogens is 1. The largest absolute Gasteiger partial charge is 0.490 e. The van der Waals surface area contributed by atoms with Gasteiger partial charge >= 0.3 is 5.69 Å². The van der Waals surface area contributed by atoms with Crippen LogP contribution in [0.25, 0.3) is 0 Å². The average Bonchev–Trinajstić information content (AvgIpc) is 2.88. The molecule has 1 heterocycles. The number of likely N-dealkylation sites (tertiary alicyclic amines) is 1. The number of rotatable bonds is 7. The Morgan fingerprint density at radius 2 is 1.78 bits per heavy atom. The average molecular weight is 522 g/mol. The number of nitrogens with one attached hydrogen (secondary N) is 1. The number of amides is 2. The highest BCUT2D eigenvalue weighted by atomic mass is 35.5. The molecule has 1 fully saturated rings. The lowest BCUT2D eigenvalue weighted by atomic mass is 9.89. The molecule has 3 aromatic carbocycles. The smallest absolute Gasteiger partial charge is 0.310 e. The number of ether oxygens (including phenoxy) is 1. The van der Waals surface area contributed by atoms with E-state index in [-0.39, 0.29) is 29.7 Å². The molecule has 0 bridgehead atoms. The van der Waals surface area contributed by atoms with Crippen molar-refractivity contribution in [2.24, 2.45) is 0 Å². The van der Waals surface area contributed by atoms with Crippen molar-refractivity contribution in [3.05, 3.63) is 98.1 Å². The van der Waals surface area contributed by atoms with Gasteiger partial charge in [0.1, 0.15) is 0 Å². The fourth-order valence-corrected chi connectivity index (χ4v) is 4.96. The van der Waals surface area contributed by atoms with E-state index in [0.29, 0.717) is 40.8 Å². The molecule has 8 nitrogen and oxygen atoms in total. The minimum atomic E-state index is -0.522. The third-order valence-corrected chi connectivity index (χ3v) is 6.76. The van der Waals surface area contributed by atoms with Crippen LogP contribution in [-0.2, 0) is 11.2 Å². The van der Waals surface area contributed by atoms with Crippen molar-refractivity contribution < 1.29 is 19.2 Å². The van der Waals surface area contributed by atoms with Crippen LogP contribution in [0.3, 0.4) is 0 Å². The minimum Gasteiger partial charge on any atom is -0.490 e. The highest BCUT2D eigenvalue weighted by Crippen LogP contribution is 2.30. The molecule has 0 aliphatic carbocycles. The molecular weight excluding hydrogens is 494 g/mol. The first-order valence-electron chi connectivity index (χ1n) is 12.0. The Labute approximate surface area is 220 Å². The predicted molar refractivity (Wildman–Crippen MR) is 142 cm³/mol. The molecule has 0 radical (unpaired) electrons. The summed E-state index contributed by atoms with van der Waals surface area (Å²) >= 11 is 6.12. The molecule has 1 aliphatic rings. The van der Waals surface area contributed by atoms with Gasteiger partial charge in [-0.3, -0.25) is 19.7 Å². The zero-order valence-electron chi connectivity index (χ0n) is 20.7. The van der Waals surface area contributed by atoms with Gasteiger partial charge in [0.15, 0.2) is 5.75 Å². The summed E-state index contributed by atoms with van der Waals surface area (Å²) in [7, 11) is 1.36. The van der Waals surface area contributed by atoms with Crippen molar-refractivity contribution >= 4 is 34.8 Å². The number of nitrogens with zero attached hydrogens (tertiary/aromatic N) is 2. The van der Waals surface area contributed by atoms with Crippen LogP contribution in [0.15, 0.2) is 60.7 Å². The van der Waals surface area contributed by atoms with Gasteiger partial charge in [0.25, 0.3) is 5.91 Å². The van der Waals surface area contributed by atoms with Crippen LogP contribution in [0.2, 0.25) is 5.02 Å². The highest BCUT2D eigenvalue weighted by molar-refractivity contribution is 6.31. The predicted octanol–water partition coefficient (Wildman–Crippen LogP) is 5.77. The van der Waals surface area contributed by atoms with E-state index < -0.39 is 4.92 Å². The van der Waals surface area contributed by atoms with Crippen molar-refractivity contribution in [2.45, 2.75) is 32.1 Å². The number of carbonyl (C=O) groups excluding carboxylic acids is 2. The number of carbonyl (C=O) groups is 2. The highest BCUT2D eigenvalue weighted by Gasteiger charge is 2.25. The standard InChI is InChI=1S/C28H28ClN3O5/c1-18-13-22(17-23(29)14-18)28(34)31-11-9-21(10-12-31)20-4-6-24(7-5-20)30-27(33)16-19-3-8-25(32(35)36)26(15-19)37-2/h3-8,13-15,17,21H,9-12,16H2,1-2H3,(H,30,33). The van der Waals surface area contributed by atoms with Crippen molar-refractivity contribution in [3.8, 4) is 5.75 Å². The maximum Gasteiger partial charge on any atom is 0.310 e. The topological polar surface area (TPSA) is 102 Å². The molecular formula is C28H28ClN3O5. The lowest BCUT2D eigenvalue weighted by Crippen LogP contribution is -2.37. The maximum atomic E-state index is 12.9. The van der Waals surface area contributed by atoms with E-state index in [0.717, 1.165) is 18.4 Å². The SMILES string of the molecule is COc1cc(CC(=O)Nc2ccc(C3CCN(C(=O)c4cc(C)cc(Cl)c4)CC3)cc2)ccc1[N+](=O)[O-]. The van der Waals surface area contributed by atoms with Gasteiger partial charge in [-0.2, -0.15) is 0 Å². The second kappa shape index (κ2) is 11.4. The summed E-state index contributed by atoms with van der Waals surface area (Å²) in [5, 5.41) is 14.5. The van der Waals surface area contributed by atoms with E-state index in [1.54, 1.807) is 12.1 Å². The third kappa shape index (κ3) is 6.46. The quantitative estimate of drug-likeness (QED) is 0.314. The molecule has 192 valence electrons. The summed E-state index contributed by atoms with van der Waals surface area (Å²) in [6.45, 7) is 3.27. The first-order valence-corrected chi connectivity index (χ1v) is 12.4. The Morgan fingerprint density at radius 3 is 2.41 bits per heavy atom. The maximum absolute atomic E-state index is 12.9. The molecule has 9 heteroatoms. The zero-order valence-corrected chi connectivity index (χ0v) is 21.5. The molecule has 0 unspecified atom stereocenters. The zero-order chi connectivity index (χ0) is 26.5. The number of benzene rings is 3. The molecule has 37 heavy (non-hydrogen) atoms. The summed E-state index contributed by atoms with van der Waals surface area (Å²) in [6.07, 6.45) is 1.78. The fraction of sp³-hybridized carbons (Fsp3) is 0.286. The van der Waals surface area contributed by atoms with E-state index >= 15 is 0 Å². The summed E-state index contributed by atoms with van der Waals surface area (Å²) < 4.78 is 5.07. The lowest BCUT2D eigenvalue weighted by Gasteiger charge is -2.32. The van der Waals surface area contributed by atoms with Gasteiger partial charge in [-0.15, -0.1) is 0 Å². The van der Waals surface area contributed by atoms with Gasteiger partial charge in [-0.1, -0.05) is 29.8 Å². The Bertz CT molecular complexity index is 1300. The van der Waals surface area contributed by atoms with E-state index in [4.69, 9.17) is 16.3 Å². The molecule has 0 atom stereocenters. The van der Waals surface area contributed by atoms with Crippen molar-refractivity contribution in [3.63, 3.8) is 0 Å². The van der Waals surface area contributed by atoms with Gasteiger partial charge in [0.05, 0.1) is 18.5 Å². The number of hydrogen-bond donors (Lipinski definition) is 1. The summed E-state index contributed by atoms with van der Waals surface area (Å²) in [6, 6.07) is 17.6. The summed E-state index contributed by atoms with van der Waals surface area (Å²) in [5.74, 6) is 0.233. The molecule has 4 rings (SSSR count). The van der Waals surface area contributed by atoms with Gasteiger partial charge in [-0.25, -0.2) is 0 Å². The van der Waals surface area contributed by atoms with Crippen LogP contribution < -0.4 is 10.1 Å². The normalized spacial score (nSPS) is 13.8. The van der Waals surface area contributed by atoms with Crippen molar-refractivity contribution in [1.29, 1.82) is 0 Å². The number of aryl methyl sites for hydroxylation is 1. The Balaban J connectivity index is 1.31. The molecule has 2 amide bonds. The number of piperidine rings is 1. The van der Waals surface area contributed by atoms with Crippen molar-refractivity contribution in [1.82, 2.24) is 4.90 Å². The van der Waals surface area contributed by atoms with E-state index in [1.165, 1.54) is 24.8 Å². The number of hydrogen-bond acceptors (Lipinski definition) is 5. The Hall–Kier alpha value is -3.91. The van der Waals surface area contributed by atoms with Crippen LogP contribution >= 0.6 is 11.6 Å². The summed E-state index contributed by atoms with van der Waals surface area (Å²) in [4.78, 5) is 37.8. The van der Waals surface area contributed by atoms with Gasteiger partial charge in [0.2, 0.25) is 5.91 Å². The molecule has 1 saturated heterocycles. The van der Waals surface area contributed by atoms with Gasteiger partial charge < -0.3 is 15.0 Å². The van der Waals surface area contributed by atoms with E-state index in [1.807, 2.05) is 48.2 Å². The first-order chi connectivity index (χ1) is 17.7. The van der Waals surface area contributed by atoms with Gasteiger partial charge in [-0.05, 0) is 78.8 Å². The number of nitro benzene ring substituents is 1. The number of nitro groups is 1. The Kier molecular flexibility index (Phi) is 8.08. The molecule has 0 spiro atoms. The second-order valence-corrected chi connectivity index (χ2v) is 9.63. The lowest BCUT2D eigenvalue weighted by molar-refractivity contribution is -0.385. The molecule has 3 aromatic rings. The number of methoxy groups -OCH3 is 1. The number of anilines is 1. The third-order valence-electron chi connectivity index (χ3n) is 6.54. The van der Waals surface area contributed by atoms with Crippen LogP contribution in [0, 0.1) is 17.0 Å². The van der Waals surface area contributed by atoms with Gasteiger partial charge in [0, 0.05) is 35.4 Å². The minimum absolute atomic E-state index is 0.00718. The van der Waals surface area contributed by atoms with Crippen LogP contribution in [0.4, 0.5) is 11.4 Å². The molecule has 0 saturated carbocycles. The molecule has 1 aliphatic heterocycles.